The van der Waals surface area contributed by atoms with Gasteiger partial charge in [-0.05, 0) is 31.0 Å². The van der Waals surface area contributed by atoms with E-state index in [-0.39, 0.29) is 5.91 Å². The van der Waals surface area contributed by atoms with Gasteiger partial charge in [-0.15, -0.1) is 0 Å². The molecule has 0 spiro atoms. The first-order valence-electron chi connectivity index (χ1n) is 9.42. The maximum atomic E-state index is 13.1. The highest BCUT2D eigenvalue weighted by atomic mass is 16.5. The number of methoxy groups -OCH3 is 2. The van der Waals surface area contributed by atoms with E-state index in [1.54, 1.807) is 26.4 Å². The molecule has 0 saturated carbocycles. The number of carbonyl (C=O) groups excluding carboxylic acids is 1. The van der Waals surface area contributed by atoms with Gasteiger partial charge >= 0.3 is 0 Å². The van der Waals surface area contributed by atoms with Crippen molar-refractivity contribution in [2.24, 2.45) is 0 Å². The molecule has 1 aliphatic rings. The Morgan fingerprint density at radius 3 is 2.07 bits per heavy atom. The number of benzene rings is 2. The maximum absolute atomic E-state index is 13.1. The Bertz CT molecular complexity index is 733. The van der Waals surface area contributed by atoms with Crippen molar-refractivity contribution in [2.75, 3.05) is 40.4 Å². The fourth-order valence-corrected chi connectivity index (χ4v) is 3.67. The molecule has 5 nitrogen and oxygen atoms in total. The summed E-state index contributed by atoms with van der Waals surface area (Å²) < 4.78 is 10.8. The number of ether oxygens (including phenoxy) is 2. The normalized spacial score (nSPS) is 16.0. The first kappa shape index (κ1) is 19.2. The van der Waals surface area contributed by atoms with Crippen LogP contribution in [0.1, 0.15) is 22.8 Å². The number of rotatable bonds is 6. The van der Waals surface area contributed by atoms with Gasteiger partial charge < -0.3 is 14.4 Å². The Morgan fingerprint density at radius 1 is 0.926 bits per heavy atom. The van der Waals surface area contributed by atoms with Gasteiger partial charge in [0, 0.05) is 32.2 Å². The Morgan fingerprint density at radius 2 is 1.52 bits per heavy atom. The van der Waals surface area contributed by atoms with Gasteiger partial charge in [0.15, 0.2) is 0 Å². The minimum Gasteiger partial charge on any atom is -0.496 e. The van der Waals surface area contributed by atoms with Crippen molar-refractivity contribution in [1.29, 1.82) is 0 Å². The highest BCUT2D eigenvalue weighted by molar-refractivity contribution is 5.99. The van der Waals surface area contributed by atoms with Crippen LogP contribution in [0.25, 0.3) is 0 Å². The molecule has 2 aromatic carbocycles. The van der Waals surface area contributed by atoms with Crippen LogP contribution >= 0.6 is 0 Å². The molecule has 144 valence electrons. The van der Waals surface area contributed by atoms with E-state index in [9.17, 15) is 4.79 Å². The molecule has 1 amide bonds. The number of hydrogen-bond acceptors (Lipinski definition) is 4. The first-order valence-corrected chi connectivity index (χ1v) is 9.42. The summed E-state index contributed by atoms with van der Waals surface area (Å²) in [4.78, 5) is 17.4. The quantitative estimate of drug-likeness (QED) is 0.786. The van der Waals surface area contributed by atoms with E-state index in [1.165, 1.54) is 5.56 Å². The summed E-state index contributed by atoms with van der Waals surface area (Å²) in [7, 11) is 3.16. The van der Waals surface area contributed by atoms with Crippen molar-refractivity contribution >= 4 is 5.91 Å². The molecule has 0 radical (unpaired) electrons. The van der Waals surface area contributed by atoms with Gasteiger partial charge in [0.05, 0.1) is 14.2 Å². The Hall–Kier alpha value is -2.53. The van der Waals surface area contributed by atoms with Crippen LogP contribution < -0.4 is 9.47 Å². The summed E-state index contributed by atoms with van der Waals surface area (Å²) in [6, 6.07) is 16.4. The van der Waals surface area contributed by atoms with Gasteiger partial charge in [-0.25, -0.2) is 0 Å². The number of nitrogens with zero attached hydrogens (tertiary/aromatic N) is 2. The lowest BCUT2D eigenvalue weighted by atomic mass is 10.0. The predicted molar refractivity (Wildman–Crippen MR) is 107 cm³/mol. The lowest BCUT2D eigenvalue weighted by Crippen LogP contribution is -2.51. The van der Waals surface area contributed by atoms with Gasteiger partial charge in [0.25, 0.3) is 5.91 Å². The zero-order valence-corrected chi connectivity index (χ0v) is 16.4. The van der Waals surface area contributed by atoms with Crippen molar-refractivity contribution in [3.8, 4) is 11.5 Å². The molecule has 0 N–H and O–H groups in total. The standard InChI is InChI=1S/C22H28N2O3/c1-17(16-18-8-5-4-6-9-18)23-12-14-24(15-13-23)22(25)21-19(26-2)10-7-11-20(21)27-3/h4-11,17H,12-16H2,1-3H3. The van der Waals surface area contributed by atoms with Crippen LogP contribution in [0.4, 0.5) is 0 Å². The summed E-state index contributed by atoms with van der Waals surface area (Å²) in [5.74, 6) is 1.08. The zero-order chi connectivity index (χ0) is 19.2. The van der Waals surface area contributed by atoms with Crippen LogP contribution in [0.5, 0.6) is 11.5 Å². The second-order valence-corrected chi connectivity index (χ2v) is 6.90. The topological polar surface area (TPSA) is 42.0 Å². The molecule has 0 aromatic heterocycles. The first-order chi connectivity index (χ1) is 13.1. The Kier molecular flexibility index (Phi) is 6.35. The average Bonchev–Trinajstić information content (AvgIpc) is 2.73. The minimum atomic E-state index is -0.0281. The smallest absolute Gasteiger partial charge is 0.261 e. The highest BCUT2D eigenvalue weighted by Crippen LogP contribution is 2.30. The van der Waals surface area contributed by atoms with Gasteiger partial charge in [-0.1, -0.05) is 36.4 Å². The number of carbonyl (C=O) groups is 1. The Balaban J connectivity index is 1.63. The van der Waals surface area contributed by atoms with Crippen LogP contribution in [-0.4, -0.2) is 62.1 Å². The molecule has 0 bridgehead atoms. The largest absolute Gasteiger partial charge is 0.496 e. The molecule has 1 aliphatic heterocycles. The van der Waals surface area contributed by atoms with Gasteiger partial charge in [0.1, 0.15) is 17.1 Å². The van der Waals surface area contributed by atoms with E-state index in [1.807, 2.05) is 17.0 Å². The molecule has 0 aliphatic carbocycles. The number of piperazine rings is 1. The second-order valence-electron chi connectivity index (χ2n) is 6.90. The van der Waals surface area contributed by atoms with Crippen LogP contribution in [0.2, 0.25) is 0 Å². The SMILES string of the molecule is COc1cccc(OC)c1C(=O)N1CCN(C(C)Cc2ccccc2)CC1. The molecule has 27 heavy (non-hydrogen) atoms. The molecular formula is C22H28N2O3. The van der Waals surface area contributed by atoms with E-state index in [2.05, 4.69) is 36.1 Å². The third-order valence-electron chi connectivity index (χ3n) is 5.24. The average molecular weight is 368 g/mol. The molecular weight excluding hydrogens is 340 g/mol. The summed E-state index contributed by atoms with van der Waals surface area (Å²) in [5, 5.41) is 0. The van der Waals surface area contributed by atoms with Crippen molar-refractivity contribution in [1.82, 2.24) is 9.80 Å². The van der Waals surface area contributed by atoms with Gasteiger partial charge in [-0.2, -0.15) is 0 Å². The molecule has 1 fully saturated rings. The maximum Gasteiger partial charge on any atom is 0.261 e. The Labute approximate surface area is 161 Å². The van der Waals surface area contributed by atoms with Crippen molar-refractivity contribution in [2.45, 2.75) is 19.4 Å². The third kappa shape index (κ3) is 4.42. The van der Waals surface area contributed by atoms with Crippen molar-refractivity contribution in [3.05, 3.63) is 59.7 Å². The molecule has 1 heterocycles. The van der Waals surface area contributed by atoms with Gasteiger partial charge in [0.2, 0.25) is 0 Å². The molecule has 1 saturated heterocycles. The van der Waals surface area contributed by atoms with E-state index in [0.717, 1.165) is 19.5 Å². The summed E-state index contributed by atoms with van der Waals surface area (Å²) in [5.41, 5.74) is 1.86. The summed E-state index contributed by atoms with van der Waals surface area (Å²) in [6.07, 6.45) is 1.02. The fraction of sp³-hybridized carbons (Fsp3) is 0.409. The van der Waals surface area contributed by atoms with E-state index in [0.29, 0.717) is 36.2 Å². The number of hydrogen-bond donors (Lipinski definition) is 0. The third-order valence-corrected chi connectivity index (χ3v) is 5.24. The number of amides is 1. The fourth-order valence-electron chi connectivity index (χ4n) is 3.67. The monoisotopic (exact) mass is 368 g/mol. The van der Waals surface area contributed by atoms with E-state index in [4.69, 9.17) is 9.47 Å². The van der Waals surface area contributed by atoms with E-state index < -0.39 is 0 Å². The lowest BCUT2D eigenvalue weighted by molar-refractivity contribution is 0.0576. The molecule has 2 aromatic rings. The minimum absolute atomic E-state index is 0.0281. The van der Waals surface area contributed by atoms with Crippen LogP contribution in [0.15, 0.2) is 48.5 Å². The zero-order valence-electron chi connectivity index (χ0n) is 16.4. The van der Waals surface area contributed by atoms with Crippen molar-refractivity contribution < 1.29 is 14.3 Å². The molecule has 1 atom stereocenters. The van der Waals surface area contributed by atoms with Gasteiger partial charge in [-0.3, -0.25) is 9.69 Å². The second kappa shape index (κ2) is 8.91. The predicted octanol–water partition coefficient (Wildman–Crippen LogP) is 3.09. The van der Waals surface area contributed by atoms with Crippen LogP contribution in [0.3, 0.4) is 0 Å². The highest BCUT2D eigenvalue weighted by Gasteiger charge is 2.28. The van der Waals surface area contributed by atoms with Crippen LogP contribution in [0, 0.1) is 0 Å². The molecule has 5 heteroatoms. The van der Waals surface area contributed by atoms with Crippen molar-refractivity contribution in [3.63, 3.8) is 0 Å². The molecule has 3 rings (SSSR count). The lowest BCUT2D eigenvalue weighted by Gasteiger charge is -2.38. The van der Waals surface area contributed by atoms with E-state index >= 15 is 0 Å². The van der Waals surface area contributed by atoms with Crippen LogP contribution in [-0.2, 0) is 6.42 Å². The summed E-state index contributed by atoms with van der Waals surface area (Å²) >= 11 is 0. The summed E-state index contributed by atoms with van der Waals surface area (Å²) in [6.45, 7) is 5.42. The molecule has 1 unspecified atom stereocenters.